The first-order valence-corrected chi connectivity index (χ1v) is 6.08. The van der Waals surface area contributed by atoms with Gasteiger partial charge in [-0.15, -0.1) is 0 Å². The number of ketones is 1. The summed E-state index contributed by atoms with van der Waals surface area (Å²) in [5.74, 6) is -0.502. The fourth-order valence-electron chi connectivity index (χ4n) is 1.97. The minimum absolute atomic E-state index is 0.00139. The van der Waals surface area contributed by atoms with Crippen LogP contribution in [0.4, 0.5) is 0 Å². The van der Waals surface area contributed by atoms with Crippen molar-refractivity contribution in [3.63, 3.8) is 0 Å². The van der Waals surface area contributed by atoms with Crippen molar-refractivity contribution >= 4 is 11.8 Å². The fourth-order valence-corrected chi connectivity index (χ4v) is 1.97. The molecule has 0 saturated heterocycles. The number of rotatable bonds is 4. The molecule has 1 rings (SSSR count). The van der Waals surface area contributed by atoms with Crippen molar-refractivity contribution in [2.24, 2.45) is 16.7 Å². The maximum absolute atomic E-state index is 12.2. The number of carbonyl (C=O) groups is 2. The Labute approximate surface area is 103 Å². The van der Waals surface area contributed by atoms with Gasteiger partial charge in [0.1, 0.15) is 0 Å². The Morgan fingerprint density at radius 2 is 1.88 bits per heavy atom. The van der Waals surface area contributed by atoms with E-state index in [9.17, 15) is 9.59 Å². The molecule has 96 valence electrons. The molecule has 0 bridgehead atoms. The molecular formula is C14H22O3. The smallest absolute Gasteiger partial charge is 0.308 e. The number of Topliss-reactive ketones (excluding diaryl/α,β-unsaturated/α-hetero) is 1. The Morgan fingerprint density at radius 3 is 2.29 bits per heavy atom. The van der Waals surface area contributed by atoms with Crippen LogP contribution >= 0.6 is 0 Å². The van der Waals surface area contributed by atoms with Gasteiger partial charge in [0.2, 0.25) is 0 Å². The van der Waals surface area contributed by atoms with E-state index < -0.39 is 5.41 Å². The minimum Gasteiger partial charge on any atom is -0.457 e. The SMILES string of the molecule is CC(C)C(=O)OCC(=O)[C@]1(C)CC=CC1(C)C. The second kappa shape index (κ2) is 4.63. The lowest BCUT2D eigenvalue weighted by Gasteiger charge is -2.36. The van der Waals surface area contributed by atoms with Crippen molar-refractivity contribution in [3.8, 4) is 0 Å². The normalized spacial score (nSPS) is 26.2. The summed E-state index contributed by atoms with van der Waals surface area (Å²) < 4.78 is 5.02. The highest BCUT2D eigenvalue weighted by molar-refractivity contribution is 5.89. The third-order valence-electron chi connectivity index (χ3n) is 3.92. The molecular weight excluding hydrogens is 216 g/mol. The number of hydrogen-bond acceptors (Lipinski definition) is 3. The van der Waals surface area contributed by atoms with Gasteiger partial charge in [0.25, 0.3) is 0 Å². The summed E-state index contributed by atoms with van der Waals surface area (Å²) in [5.41, 5.74) is -0.626. The van der Waals surface area contributed by atoms with Gasteiger partial charge in [-0.1, -0.05) is 46.8 Å². The van der Waals surface area contributed by atoms with Crippen LogP contribution < -0.4 is 0 Å². The lowest BCUT2D eigenvalue weighted by atomic mass is 9.66. The largest absolute Gasteiger partial charge is 0.457 e. The van der Waals surface area contributed by atoms with Crippen LogP contribution in [0.3, 0.4) is 0 Å². The monoisotopic (exact) mass is 238 g/mol. The van der Waals surface area contributed by atoms with Gasteiger partial charge in [-0.2, -0.15) is 0 Å². The molecule has 1 aliphatic carbocycles. The number of carbonyl (C=O) groups excluding carboxylic acids is 2. The predicted molar refractivity (Wildman–Crippen MR) is 66.4 cm³/mol. The van der Waals surface area contributed by atoms with E-state index in [0.717, 1.165) is 6.42 Å². The highest BCUT2D eigenvalue weighted by atomic mass is 16.5. The lowest BCUT2D eigenvalue weighted by Crippen LogP contribution is -2.40. The quantitative estimate of drug-likeness (QED) is 0.558. The maximum atomic E-state index is 12.2. The van der Waals surface area contributed by atoms with E-state index in [0.29, 0.717) is 0 Å². The number of hydrogen-bond donors (Lipinski definition) is 0. The first-order chi connectivity index (χ1) is 7.71. The summed E-state index contributed by atoms with van der Waals surface area (Å²) in [6, 6.07) is 0. The van der Waals surface area contributed by atoms with Crippen LogP contribution in [0.5, 0.6) is 0 Å². The Morgan fingerprint density at radius 1 is 1.29 bits per heavy atom. The van der Waals surface area contributed by atoms with E-state index >= 15 is 0 Å². The summed E-state index contributed by atoms with van der Waals surface area (Å²) in [4.78, 5) is 23.5. The molecule has 1 aliphatic rings. The van der Waals surface area contributed by atoms with Crippen LogP contribution in [0.15, 0.2) is 12.2 Å². The Hall–Kier alpha value is -1.12. The van der Waals surface area contributed by atoms with Gasteiger partial charge in [-0.3, -0.25) is 9.59 Å². The topological polar surface area (TPSA) is 43.4 Å². The molecule has 0 radical (unpaired) electrons. The molecule has 1 atom stereocenters. The lowest BCUT2D eigenvalue weighted by molar-refractivity contribution is -0.154. The molecule has 0 spiro atoms. The molecule has 0 amide bonds. The zero-order valence-corrected chi connectivity index (χ0v) is 11.4. The zero-order valence-electron chi connectivity index (χ0n) is 11.4. The van der Waals surface area contributed by atoms with Crippen LogP contribution in [0.25, 0.3) is 0 Å². The van der Waals surface area contributed by atoms with E-state index in [-0.39, 0.29) is 29.7 Å². The van der Waals surface area contributed by atoms with Crippen molar-refractivity contribution in [1.82, 2.24) is 0 Å². The van der Waals surface area contributed by atoms with Crippen molar-refractivity contribution in [2.75, 3.05) is 6.61 Å². The fraction of sp³-hybridized carbons (Fsp3) is 0.714. The molecule has 17 heavy (non-hydrogen) atoms. The molecule has 0 aromatic heterocycles. The predicted octanol–water partition coefficient (Wildman–Crippen LogP) is 2.75. The number of ether oxygens (including phenoxy) is 1. The van der Waals surface area contributed by atoms with Crippen molar-refractivity contribution in [3.05, 3.63) is 12.2 Å². The molecule has 3 nitrogen and oxygen atoms in total. The minimum atomic E-state index is -0.454. The van der Waals surface area contributed by atoms with Gasteiger partial charge < -0.3 is 4.74 Å². The van der Waals surface area contributed by atoms with E-state index in [1.54, 1.807) is 13.8 Å². The highest BCUT2D eigenvalue weighted by Crippen LogP contribution is 2.48. The molecule has 0 fully saturated rings. The second-order valence-electron chi connectivity index (χ2n) is 5.85. The summed E-state index contributed by atoms with van der Waals surface area (Å²) >= 11 is 0. The summed E-state index contributed by atoms with van der Waals surface area (Å²) in [5, 5.41) is 0. The third kappa shape index (κ3) is 2.59. The molecule has 0 aromatic carbocycles. The van der Waals surface area contributed by atoms with E-state index in [1.165, 1.54) is 0 Å². The van der Waals surface area contributed by atoms with E-state index in [2.05, 4.69) is 6.08 Å². The van der Waals surface area contributed by atoms with Crippen molar-refractivity contribution in [1.29, 1.82) is 0 Å². The van der Waals surface area contributed by atoms with Crippen LogP contribution in [-0.2, 0) is 14.3 Å². The van der Waals surface area contributed by atoms with Crippen LogP contribution in [0.1, 0.15) is 41.0 Å². The first-order valence-electron chi connectivity index (χ1n) is 6.08. The molecule has 3 heteroatoms. The zero-order chi connectivity index (χ0) is 13.3. The standard InChI is InChI=1S/C14H22O3/c1-10(2)12(16)17-9-11(15)14(5)8-6-7-13(14,3)4/h6-7,10H,8-9H2,1-5H3/t14-/m0/s1. The van der Waals surface area contributed by atoms with Crippen LogP contribution in [0, 0.1) is 16.7 Å². The van der Waals surface area contributed by atoms with Gasteiger partial charge in [-0.05, 0) is 11.8 Å². The Kier molecular flexibility index (Phi) is 3.80. The van der Waals surface area contributed by atoms with E-state index in [4.69, 9.17) is 4.74 Å². The summed E-state index contributed by atoms with van der Waals surface area (Å²) in [6.07, 6.45) is 4.81. The van der Waals surface area contributed by atoms with Crippen LogP contribution in [0.2, 0.25) is 0 Å². The van der Waals surface area contributed by atoms with Gasteiger partial charge in [0.15, 0.2) is 12.4 Å². The average molecular weight is 238 g/mol. The Balaban J connectivity index is 2.63. The second-order valence-corrected chi connectivity index (χ2v) is 5.85. The average Bonchev–Trinajstić information content (AvgIpc) is 2.50. The maximum Gasteiger partial charge on any atom is 0.308 e. The van der Waals surface area contributed by atoms with Gasteiger partial charge in [0.05, 0.1) is 5.92 Å². The van der Waals surface area contributed by atoms with Crippen LogP contribution in [-0.4, -0.2) is 18.4 Å². The third-order valence-corrected chi connectivity index (χ3v) is 3.92. The van der Waals surface area contributed by atoms with Gasteiger partial charge in [-0.25, -0.2) is 0 Å². The van der Waals surface area contributed by atoms with Crippen molar-refractivity contribution < 1.29 is 14.3 Å². The van der Waals surface area contributed by atoms with Gasteiger partial charge in [0, 0.05) is 5.41 Å². The molecule has 0 heterocycles. The molecule has 0 aliphatic heterocycles. The molecule has 0 aromatic rings. The molecule has 0 saturated carbocycles. The Bertz CT molecular complexity index is 352. The highest BCUT2D eigenvalue weighted by Gasteiger charge is 2.47. The first kappa shape index (κ1) is 13.9. The van der Waals surface area contributed by atoms with E-state index in [1.807, 2.05) is 26.8 Å². The van der Waals surface area contributed by atoms with Gasteiger partial charge >= 0.3 is 5.97 Å². The summed E-state index contributed by atoms with van der Waals surface area (Å²) in [6.45, 7) is 9.43. The number of allylic oxidation sites excluding steroid dienone is 2. The summed E-state index contributed by atoms with van der Waals surface area (Å²) in [7, 11) is 0. The van der Waals surface area contributed by atoms with Crippen molar-refractivity contribution in [2.45, 2.75) is 41.0 Å². The molecule has 0 unspecified atom stereocenters. The number of esters is 1. The molecule has 0 N–H and O–H groups in total.